The van der Waals surface area contributed by atoms with Gasteiger partial charge in [0.15, 0.2) is 0 Å². The molecule has 56 valence electrons. The van der Waals surface area contributed by atoms with Crippen molar-refractivity contribution in [1.29, 1.82) is 0 Å². The van der Waals surface area contributed by atoms with Crippen LogP contribution in [0.1, 0.15) is 0 Å². The van der Waals surface area contributed by atoms with Crippen molar-refractivity contribution < 1.29 is 14.3 Å². The molecule has 4 heteroatoms. The van der Waals surface area contributed by atoms with Gasteiger partial charge in [-0.3, -0.25) is 0 Å². The van der Waals surface area contributed by atoms with Crippen molar-refractivity contribution in [3.05, 3.63) is 12.7 Å². The third-order valence-corrected chi connectivity index (χ3v) is 0.662. The number of hydrogen-bond donors (Lipinski definition) is 1. The molecule has 1 N–H and O–H groups in total. The zero-order chi connectivity index (χ0) is 7.82. The second kappa shape index (κ2) is 5.81. The minimum absolute atomic E-state index is 0.0179. The summed E-state index contributed by atoms with van der Waals surface area (Å²) < 4.78 is 4.47. The molecule has 0 aromatic carbocycles. The number of aldehydes is 1. The highest BCUT2D eigenvalue weighted by Gasteiger charge is 1.95. The van der Waals surface area contributed by atoms with Crippen LogP contribution in [0.5, 0.6) is 0 Å². The molecule has 0 unspecified atom stereocenters. The molecule has 0 spiro atoms. The SMILES string of the molecule is C=CCOC(=O)NCC=O. The van der Waals surface area contributed by atoms with Crippen LogP contribution >= 0.6 is 0 Å². The Morgan fingerprint density at radius 1 is 1.70 bits per heavy atom. The minimum Gasteiger partial charge on any atom is -0.445 e. The Hall–Kier alpha value is -1.32. The number of carbonyl (C=O) groups is 2. The van der Waals surface area contributed by atoms with E-state index in [2.05, 4.69) is 16.6 Å². The third-order valence-electron chi connectivity index (χ3n) is 0.662. The van der Waals surface area contributed by atoms with Gasteiger partial charge in [0.2, 0.25) is 0 Å². The van der Waals surface area contributed by atoms with Crippen LogP contribution in [0.25, 0.3) is 0 Å². The molecule has 0 saturated carbocycles. The summed E-state index contributed by atoms with van der Waals surface area (Å²) in [5, 5.41) is 2.19. The average molecular weight is 143 g/mol. The molecule has 0 heterocycles. The fourth-order valence-electron chi connectivity index (χ4n) is 0.311. The third kappa shape index (κ3) is 4.83. The average Bonchev–Trinajstić information content (AvgIpc) is 1.97. The van der Waals surface area contributed by atoms with Gasteiger partial charge in [-0.05, 0) is 0 Å². The lowest BCUT2D eigenvalue weighted by atomic mass is 10.7. The zero-order valence-corrected chi connectivity index (χ0v) is 5.50. The maximum absolute atomic E-state index is 10.4. The Morgan fingerprint density at radius 2 is 2.40 bits per heavy atom. The van der Waals surface area contributed by atoms with Crippen LogP contribution in [0.2, 0.25) is 0 Å². The fourth-order valence-corrected chi connectivity index (χ4v) is 0.311. The van der Waals surface area contributed by atoms with Crippen molar-refractivity contribution in [3.8, 4) is 0 Å². The van der Waals surface area contributed by atoms with Gasteiger partial charge in [-0.15, -0.1) is 0 Å². The normalized spacial score (nSPS) is 8.00. The van der Waals surface area contributed by atoms with Crippen LogP contribution in [0.3, 0.4) is 0 Å². The molecule has 0 aromatic heterocycles. The van der Waals surface area contributed by atoms with E-state index in [9.17, 15) is 9.59 Å². The number of amides is 1. The van der Waals surface area contributed by atoms with Crippen LogP contribution < -0.4 is 5.32 Å². The summed E-state index contributed by atoms with van der Waals surface area (Å²) in [5.74, 6) is 0. The molecule has 0 radical (unpaired) electrons. The molecular weight excluding hydrogens is 134 g/mol. The van der Waals surface area contributed by atoms with E-state index in [-0.39, 0.29) is 13.2 Å². The molecule has 0 atom stereocenters. The summed E-state index contributed by atoms with van der Waals surface area (Å²) >= 11 is 0. The highest BCUT2D eigenvalue weighted by Crippen LogP contribution is 1.75. The smallest absolute Gasteiger partial charge is 0.407 e. The molecule has 0 saturated heterocycles. The Balaban J connectivity index is 3.24. The molecule has 1 amide bonds. The number of alkyl carbamates (subject to hydrolysis) is 1. The van der Waals surface area contributed by atoms with Crippen molar-refractivity contribution in [2.45, 2.75) is 0 Å². The van der Waals surface area contributed by atoms with Crippen molar-refractivity contribution in [3.63, 3.8) is 0 Å². The Morgan fingerprint density at radius 3 is 2.90 bits per heavy atom. The molecule has 0 aliphatic rings. The zero-order valence-electron chi connectivity index (χ0n) is 5.50. The fraction of sp³-hybridized carbons (Fsp3) is 0.333. The van der Waals surface area contributed by atoms with E-state index in [4.69, 9.17) is 0 Å². The van der Waals surface area contributed by atoms with Crippen molar-refractivity contribution in [2.24, 2.45) is 0 Å². The van der Waals surface area contributed by atoms with Crippen LogP contribution in [0.15, 0.2) is 12.7 Å². The summed E-state index contributed by atoms with van der Waals surface area (Å²) in [6, 6.07) is 0. The topological polar surface area (TPSA) is 55.4 Å². The predicted molar refractivity (Wildman–Crippen MR) is 35.6 cm³/mol. The number of hydrogen-bond acceptors (Lipinski definition) is 3. The van der Waals surface area contributed by atoms with Gasteiger partial charge in [0, 0.05) is 0 Å². The minimum atomic E-state index is -0.605. The van der Waals surface area contributed by atoms with Crippen molar-refractivity contribution >= 4 is 12.4 Å². The Bertz CT molecular complexity index is 119. The van der Waals surface area contributed by atoms with Crippen LogP contribution in [0, 0.1) is 0 Å². The number of ether oxygens (including phenoxy) is 1. The van der Waals surface area contributed by atoms with E-state index in [1.807, 2.05) is 0 Å². The van der Waals surface area contributed by atoms with Gasteiger partial charge in [0.1, 0.15) is 12.9 Å². The molecule has 0 rings (SSSR count). The summed E-state index contributed by atoms with van der Waals surface area (Å²) in [6.45, 7) is 3.48. The summed E-state index contributed by atoms with van der Waals surface area (Å²) in [7, 11) is 0. The lowest BCUT2D eigenvalue weighted by Crippen LogP contribution is -2.25. The van der Waals surface area contributed by atoms with Gasteiger partial charge < -0.3 is 14.8 Å². The molecule has 10 heavy (non-hydrogen) atoms. The molecule has 0 aliphatic heterocycles. The monoisotopic (exact) mass is 143 g/mol. The van der Waals surface area contributed by atoms with E-state index < -0.39 is 6.09 Å². The molecule has 0 aliphatic carbocycles. The van der Waals surface area contributed by atoms with Crippen LogP contribution in [-0.4, -0.2) is 25.5 Å². The number of carbonyl (C=O) groups excluding carboxylic acids is 2. The van der Waals surface area contributed by atoms with E-state index >= 15 is 0 Å². The van der Waals surface area contributed by atoms with Gasteiger partial charge >= 0.3 is 6.09 Å². The van der Waals surface area contributed by atoms with Gasteiger partial charge in [-0.2, -0.15) is 0 Å². The molecule has 0 aromatic rings. The van der Waals surface area contributed by atoms with E-state index in [1.165, 1.54) is 6.08 Å². The first-order valence-corrected chi connectivity index (χ1v) is 2.76. The van der Waals surface area contributed by atoms with E-state index in [0.717, 1.165) is 0 Å². The Labute approximate surface area is 58.9 Å². The standard InChI is InChI=1S/C6H9NO3/c1-2-5-10-6(9)7-3-4-8/h2,4H,1,3,5H2,(H,7,9). The van der Waals surface area contributed by atoms with Gasteiger partial charge in [-0.1, -0.05) is 12.7 Å². The van der Waals surface area contributed by atoms with E-state index in [1.54, 1.807) is 0 Å². The first kappa shape index (κ1) is 8.68. The molecule has 0 bridgehead atoms. The van der Waals surface area contributed by atoms with Gasteiger partial charge in [0.05, 0.1) is 6.54 Å². The number of nitrogens with one attached hydrogen (secondary N) is 1. The maximum Gasteiger partial charge on any atom is 0.407 e. The van der Waals surface area contributed by atoms with E-state index in [0.29, 0.717) is 6.29 Å². The molecule has 0 fully saturated rings. The largest absolute Gasteiger partial charge is 0.445 e. The van der Waals surface area contributed by atoms with Crippen LogP contribution in [0.4, 0.5) is 4.79 Å². The second-order valence-corrected chi connectivity index (χ2v) is 1.43. The van der Waals surface area contributed by atoms with Crippen LogP contribution in [-0.2, 0) is 9.53 Å². The summed E-state index contributed by atoms with van der Waals surface area (Å²) in [4.78, 5) is 20.1. The quantitative estimate of drug-likeness (QED) is 0.448. The van der Waals surface area contributed by atoms with Crippen molar-refractivity contribution in [1.82, 2.24) is 5.32 Å². The lowest BCUT2D eigenvalue weighted by Gasteiger charge is -1.99. The lowest BCUT2D eigenvalue weighted by molar-refractivity contribution is -0.107. The Kier molecular flexibility index (Phi) is 5.04. The highest BCUT2D eigenvalue weighted by atomic mass is 16.5. The second-order valence-electron chi connectivity index (χ2n) is 1.43. The summed E-state index contributed by atoms with van der Waals surface area (Å²) in [6.07, 6.45) is 1.42. The first-order chi connectivity index (χ1) is 4.81. The van der Waals surface area contributed by atoms with Gasteiger partial charge in [0.25, 0.3) is 0 Å². The summed E-state index contributed by atoms with van der Waals surface area (Å²) in [5.41, 5.74) is 0. The molecule has 4 nitrogen and oxygen atoms in total. The van der Waals surface area contributed by atoms with Crippen molar-refractivity contribution in [2.75, 3.05) is 13.2 Å². The number of rotatable bonds is 4. The molecular formula is C6H9NO3. The maximum atomic E-state index is 10.4. The first-order valence-electron chi connectivity index (χ1n) is 2.76. The predicted octanol–water partition coefficient (Wildman–Crippen LogP) is 0.0975. The van der Waals surface area contributed by atoms with Gasteiger partial charge in [-0.25, -0.2) is 4.79 Å². The highest BCUT2D eigenvalue weighted by molar-refractivity contribution is 5.70.